The van der Waals surface area contributed by atoms with Crippen LogP contribution in [0.2, 0.25) is 0 Å². The van der Waals surface area contributed by atoms with Crippen molar-refractivity contribution in [1.29, 1.82) is 0 Å². The van der Waals surface area contributed by atoms with E-state index in [0.29, 0.717) is 6.54 Å². The summed E-state index contributed by atoms with van der Waals surface area (Å²) in [5, 5.41) is 0. The maximum absolute atomic E-state index is 13.0. The number of rotatable bonds is 3. The van der Waals surface area contributed by atoms with E-state index in [9.17, 15) is 9.59 Å². The van der Waals surface area contributed by atoms with Gasteiger partial charge in [-0.1, -0.05) is 18.2 Å². The van der Waals surface area contributed by atoms with Crippen molar-refractivity contribution in [2.75, 3.05) is 47.5 Å². The summed E-state index contributed by atoms with van der Waals surface area (Å²) in [6, 6.07) is 14.6. The van der Waals surface area contributed by atoms with Gasteiger partial charge in [0.25, 0.3) is 0 Å². The quantitative estimate of drug-likeness (QED) is 0.762. The van der Waals surface area contributed by atoms with Crippen LogP contribution in [-0.4, -0.2) is 50.7 Å². The molecule has 6 heteroatoms. The molecule has 0 spiro atoms. The highest BCUT2D eigenvalue weighted by molar-refractivity contribution is 6.06. The number of ether oxygens (including phenoxy) is 1. The number of carbonyl (C=O) groups is 2. The average Bonchev–Trinajstić information content (AvgIpc) is 3.64. The molecule has 5 rings (SSSR count). The minimum Gasteiger partial charge on any atom is -0.378 e. The van der Waals surface area contributed by atoms with Crippen LogP contribution in [0, 0.1) is 5.92 Å². The van der Waals surface area contributed by atoms with Gasteiger partial charge in [-0.2, -0.15) is 0 Å². The summed E-state index contributed by atoms with van der Waals surface area (Å²) < 4.78 is 5.45. The van der Waals surface area contributed by atoms with E-state index in [1.807, 2.05) is 22.8 Å². The second-order valence-electron chi connectivity index (χ2n) is 8.81. The van der Waals surface area contributed by atoms with E-state index in [1.165, 1.54) is 5.69 Å². The molecule has 1 unspecified atom stereocenters. The van der Waals surface area contributed by atoms with E-state index in [-0.39, 0.29) is 23.8 Å². The molecule has 0 bridgehead atoms. The number of morpholine rings is 1. The first-order valence-electron chi connectivity index (χ1n) is 11.2. The van der Waals surface area contributed by atoms with Gasteiger partial charge in [-0.25, -0.2) is 0 Å². The monoisotopic (exact) mass is 419 g/mol. The summed E-state index contributed by atoms with van der Waals surface area (Å²) in [7, 11) is 0. The predicted molar refractivity (Wildman–Crippen MR) is 123 cm³/mol. The van der Waals surface area contributed by atoms with Gasteiger partial charge in [0.1, 0.15) is 0 Å². The van der Waals surface area contributed by atoms with Gasteiger partial charge in [0.05, 0.1) is 30.6 Å². The number of hydrogen-bond acceptors (Lipinski definition) is 4. The molecular weight excluding hydrogens is 390 g/mol. The molecule has 162 valence electrons. The Morgan fingerprint density at radius 1 is 0.935 bits per heavy atom. The lowest BCUT2D eigenvalue weighted by Gasteiger charge is -2.41. The van der Waals surface area contributed by atoms with E-state index < -0.39 is 0 Å². The number of amides is 2. The van der Waals surface area contributed by atoms with E-state index >= 15 is 0 Å². The highest BCUT2D eigenvalue weighted by Crippen LogP contribution is 2.42. The first kappa shape index (κ1) is 20.1. The molecule has 3 aliphatic rings. The topological polar surface area (TPSA) is 53.1 Å². The molecule has 0 radical (unpaired) electrons. The molecule has 2 aliphatic heterocycles. The van der Waals surface area contributed by atoms with Gasteiger partial charge < -0.3 is 19.4 Å². The van der Waals surface area contributed by atoms with Crippen molar-refractivity contribution in [3.63, 3.8) is 0 Å². The Labute approximate surface area is 183 Å². The van der Waals surface area contributed by atoms with E-state index in [1.54, 1.807) is 6.92 Å². The lowest BCUT2D eigenvalue weighted by Crippen LogP contribution is -2.51. The zero-order valence-corrected chi connectivity index (χ0v) is 18.2. The molecule has 0 aromatic heterocycles. The first-order chi connectivity index (χ1) is 15.0. The summed E-state index contributed by atoms with van der Waals surface area (Å²) in [4.78, 5) is 31.4. The first-order valence-corrected chi connectivity index (χ1v) is 11.2. The molecule has 31 heavy (non-hydrogen) atoms. The molecule has 2 amide bonds. The molecule has 2 aromatic carbocycles. The number of fused-ring (bicyclic) bond motifs is 1. The third-order valence-corrected chi connectivity index (χ3v) is 6.52. The molecular formula is C25H29N3O3. The average molecular weight is 420 g/mol. The molecule has 1 saturated carbocycles. The summed E-state index contributed by atoms with van der Waals surface area (Å²) in [5.74, 6) is 0.339. The van der Waals surface area contributed by atoms with Crippen LogP contribution in [0.15, 0.2) is 42.5 Å². The fourth-order valence-corrected chi connectivity index (χ4v) is 4.73. The Morgan fingerprint density at radius 2 is 1.61 bits per heavy atom. The third-order valence-electron chi connectivity index (χ3n) is 6.52. The Hall–Kier alpha value is -2.86. The Bertz CT molecular complexity index is 994. The number of carbonyl (C=O) groups excluding carboxylic acids is 2. The van der Waals surface area contributed by atoms with Crippen LogP contribution >= 0.6 is 0 Å². The molecule has 1 atom stereocenters. The molecule has 2 heterocycles. The second-order valence-corrected chi connectivity index (χ2v) is 8.81. The van der Waals surface area contributed by atoms with Crippen molar-refractivity contribution in [1.82, 2.24) is 0 Å². The summed E-state index contributed by atoms with van der Waals surface area (Å²) in [5.41, 5.74) is 5.03. The van der Waals surface area contributed by atoms with Crippen LogP contribution < -0.4 is 14.7 Å². The van der Waals surface area contributed by atoms with Crippen molar-refractivity contribution >= 4 is 28.9 Å². The molecule has 1 saturated heterocycles. The SMILES string of the molecule is CC(=O)N1c2ccc(-c3ccc(N4CCOCC4)cc3)cc2N(C(=O)C2CC2)CC1C. The number of hydrogen-bond donors (Lipinski definition) is 0. The summed E-state index contributed by atoms with van der Waals surface area (Å²) in [6.07, 6.45) is 1.94. The Kier molecular flexibility index (Phi) is 5.18. The van der Waals surface area contributed by atoms with E-state index in [2.05, 4.69) is 41.3 Å². The van der Waals surface area contributed by atoms with Gasteiger partial charge in [0, 0.05) is 38.2 Å². The van der Waals surface area contributed by atoms with Crippen molar-refractivity contribution in [3.8, 4) is 11.1 Å². The minimum absolute atomic E-state index is 0.00915. The Morgan fingerprint density at radius 3 is 2.26 bits per heavy atom. The third kappa shape index (κ3) is 3.81. The number of benzene rings is 2. The molecule has 6 nitrogen and oxygen atoms in total. The summed E-state index contributed by atoms with van der Waals surface area (Å²) >= 11 is 0. The van der Waals surface area contributed by atoms with E-state index in [4.69, 9.17) is 4.74 Å². The van der Waals surface area contributed by atoms with Gasteiger partial charge in [-0.3, -0.25) is 9.59 Å². The van der Waals surface area contributed by atoms with Gasteiger partial charge in [-0.05, 0) is 55.2 Å². The minimum atomic E-state index is -0.0358. The van der Waals surface area contributed by atoms with Gasteiger partial charge >= 0.3 is 0 Å². The van der Waals surface area contributed by atoms with E-state index in [0.717, 1.165) is 61.6 Å². The van der Waals surface area contributed by atoms with Gasteiger partial charge in [-0.15, -0.1) is 0 Å². The Balaban J connectivity index is 1.49. The van der Waals surface area contributed by atoms with Crippen molar-refractivity contribution in [2.24, 2.45) is 5.92 Å². The van der Waals surface area contributed by atoms with Gasteiger partial charge in [0.2, 0.25) is 11.8 Å². The lowest BCUT2D eigenvalue weighted by atomic mass is 10.00. The summed E-state index contributed by atoms with van der Waals surface area (Å²) in [6.45, 7) is 7.50. The number of nitrogens with zero attached hydrogens (tertiary/aromatic N) is 3. The van der Waals surface area contributed by atoms with Crippen LogP contribution in [0.25, 0.3) is 11.1 Å². The molecule has 2 fully saturated rings. The zero-order chi connectivity index (χ0) is 21.5. The fourth-order valence-electron chi connectivity index (χ4n) is 4.73. The maximum atomic E-state index is 13.0. The molecule has 2 aromatic rings. The highest BCUT2D eigenvalue weighted by atomic mass is 16.5. The fraction of sp³-hybridized carbons (Fsp3) is 0.440. The lowest BCUT2D eigenvalue weighted by molar-refractivity contribution is -0.120. The van der Waals surface area contributed by atoms with Gasteiger partial charge in [0.15, 0.2) is 0 Å². The predicted octanol–water partition coefficient (Wildman–Crippen LogP) is 3.69. The van der Waals surface area contributed by atoms with Crippen LogP contribution in [0.1, 0.15) is 26.7 Å². The normalized spacial score (nSPS) is 21.1. The van der Waals surface area contributed by atoms with Crippen LogP contribution in [0.4, 0.5) is 17.1 Å². The second kappa shape index (κ2) is 8.00. The van der Waals surface area contributed by atoms with Crippen LogP contribution in [0.3, 0.4) is 0 Å². The molecule has 0 N–H and O–H groups in total. The number of anilines is 3. The largest absolute Gasteiger partial charge is 0.378 e. The standard InChI is InChI=1S/C25H29N3O3/c1-17-16-27(25(30)20-3-4-20)24-15-21(7-10-23(24)28(17)18(2)29)19-5-8-22(9-6-19)26-11-13-31-14-12-26/h5-10,15,17,20H,3-4,11-14,16H2,1-2H3. The maximum Gasteiger partial charge on any atom is 0.230 e. The van der Waals surface area contributed by atoms with Crippen molar-refractivity contribution < 1.29 is 14.3 Å². The zero-order valence-electron chi connectivity index (χ0n) is 18.2. The van der Waals surface area contributed by atoms with Crippen molar-refractivity contribution in [3.05, 3.63) is 42.5 Å². The van der Waals surface area contributed by atoms with Crippen LogP contribution in [0.5, 0.6) is 0 Å². The van der Waals surface area contributed by atoms with Crippen LogP contribution in [-0.2, 0) is 14.3 Å². The smallest absolute Gasteiger partial charge is 0.230 e. The van der Waals surface area contributed by atoms with Crippen molar-refractivity contribution in [2.45, 2.75) is 32.7 Å². The highest BCUT2D eigenvalue weighted by Gasteiger charge is 2.39. The molecule has 1 aliphatic carbocycles.